The Labute approximate surface area is 108 Å². The molecule has 0 aliphatic carbocycles. The zero-order valence-electron chi connectivity index (χ0n) is 10.4. The first-order chi connectivity index (χ1) is 8.99. The van der Waals surface area contributed by atoms with Crippen LogP contribution >= 0.6 is 0 Å². The van der Waals surface area contributed by atoms with Crippen LogP contribution in [0.2, 0.25) is 0 Å². The van der Waals surface area contributed by atoms with Crippen LogP contribution in [0.1, 0.15) is 0 Å². The smallest absolute Gasteiger partial charge is 0.298 e. The number of non-ortho nitro benzene ring substituents is 1. The van der Waals surface area contributed by atoms with Crippen molar-refractivity contribution in [1.82, 2.24) is 9.88 Å². The van der Waals surface area contributed by atoms with E-state index in [0.29, 0.717) is 5.58 Å². The van der Waals surface area contributed by atoms with Gasteiger partial charge in [0.1, 0.15) is 0 Å². The van der Waals surface area contributed by atoms with Crippen LogP contribution in [0.25, 0.3) is 11.1 Å². The Balaban J connectivity index is 2.25. The molecule has 2 rings (SSSR count). The van der Waals surface area contributed by atoms with E-state index in [2.05, 4.69) is 10.3 Å². The normalized spacial score (nSPS) is 10.4. The van der Waals surface area contributed by atoms with Gasteiger partial charge in [-0.1, -0.05) is 6.07 Å². The lowest BCUT2D eigenvalue weighted by atomic mass is 10.3. The predicted octanol–water partition coefficient (Wildman–Crippen LogP) is 1.24. The highest BCUT2D eigenvalue weighted by molar-refractivity contribution is 5.85. The maximum atomic E-state index is 11.4. The van der Waals surface area contributed by atoms with Crippen molar-refractivity contribution >= 4 is 28.7 Å². The molecule has 1 N–H and O–H groups in total. The summed E-state index contributed by atoms with van der Waals surface area (Å²) in [4.78, 5) is 27.1. The van der Waals surface area contributed by atoms with E-state index in [4.69, 9.17) is 4.42 Å². The van der Waals surface area contributed by atoms with Crippen LogP contribution in [0.15, 0.2) is 22.6 Å². The fourth-order valence-electron chi connectivity index (χ4n) is 1.47. The van der Waals surface area contributed by atoms with Crippen molar-refractivity contribution in [3.63, 3.8) is 0 Å². The van der Waals surface area contributed by atoms with Crippen LogP contribution in [-0.2, 0) is 4.79 Å². The van der Waals surface area contributed by atoms with Crippen LogP contribution in [-0.4, -0.2) is 41.4 Å². The second-order valence-corrected chi connectivity index (χ2v) is 4.04. The quantitative estimate of drug-likeness (QED) is 0.658. The zero-order valence-corrected chi connectivity index (χ0v) is 10.4. The molecule has 0 atom stereocenters. The molecule has 1 aromatic carbocycles. The summed E-state index contributed by atoms with van der Waals surface area (Å²) < 4.78 is 5.29. The summed E-state index contributed by atoms with van der Waals surface area (Å²) in [6.45, 7) is 0.00756. The van der Waals surface area contributed by atoms with Crippen molar-refractivity contribution in [3.8, 4) is 0 Å². The summed E-state index contributed by atoms with van der Waals surface area (Å²) in [6, 6.07) is 4.52. The number of nitrogens with zero attached hydrogens (tertiary/aromatic N) is 3. The highest BCUT2D eigenvalue weighted by Crippen LogP contribution is 2.27. The fraction of sp³-hybridized carbons (Fsp3) is 0.273. The molecule has 1 aromatic heterocycles. The van der Waals surface area contributed by atoms with Gasteiger partial charge in [0.2, 0.25) is 5.91 Å². The first kappa shape index (κ1) is 12.8. The Bertz CT molecular complexity index is 635. The number of hydrogen-bond acceptors (Lipinski definition) is 6. The molecule has 0 saturated heterocycles. The highest BCUT2D eigenvalue weighted by Gasteiger charge is 2.17. The molecule has 0 saturated carbocycles. The predicted molar refractivity (Wildman–Crippen MR) is 67.8 cm³/mol. The monoisotopic (exact) mass is 264 g/mol. The summed E-state index contributed by atoms with van der Waals surface area (Å²) in [5, 5.41) is 13.5. The minimum atomic E-state index is -0.528. The Morgan fingerprint density at radius 3 is 2.89 bits per heavy atom. The van der Waals surface area contributed by atoms with Gasteiger partial charge in [-0.3, -0.25) is 14.9 Å². The minimum Gasteiger partial charge on any atom is -0.423 e. The van der Waals surface area contributed by atoms with Crippen molar-refractivity contribution < 1.29 is 14.1 Å². The number of nitro benzene ring substituents is 1. The maximum Gasteiger partial charge on any atom is 0.298 e. The van der Waals surface area contributed by atoms with Gasteiger partial charge in [0, 0.05) is 20.2 Å². The lowest BCUT2D eigenvalue weighted by molar-refractivity contribution is -0.383. The number of oxazole rings is 1. The Morgan fingerprint density at radius 2 is 2.26 bits per heavy atom. The molecule has 0 aliphatic rings. The molecule has 0 aliphatic heterocycles. The molecule has 2 aromatic rings. The molecule has 0 fully saturated rings. The van der Waals surface area contributed by atoms with E-state index in [1.54, 1.807) is 20.2 Å². The number of anilines is 1. The van der Waals surface area contributed by atoms with Crippen molar-refractivity contribution in [2.24, 2.45) is 0 Å². The van der Waals surface area contributed by atoms with Crippen LogP contribution in [0.3, 0.4) is 0 Å². The molecule has 19 heavy (non-hydrogen) atoms. The number of para-hydroxylation sites is 1. The SMILES string of the molecule is CN(C)C(=O)CNc1nc2c([N+](=O)[O-])cccc2o1. The number of carbonyl (C=O) groups is 1. The van der Waals surface area contributed by atoms with Crippen molar-refractivity contribution in [1.29, 1.82) is 0 Å². The third-order valence-corrected chi connectivity index (χ3v) is 2.48. The van der Waals surface area contributed by atoms with Crippen molar-refractivity contribution in [2.75, 3.05) is 26.0 Å². The summed E-state index contributed by atoms with van der Waals surface area (Å²) in [5.74, 6) is -0.156. The van der Waals surface area contributed by atoms with Gasteiger partial charge in [-0.15, -0.1) is 0 Å². The van der Waals surface area contributed by atoms with Gasteiger partial charge >= 0.3 is 0 Å². The maximum absolute atomic E-state index is 11.4. The topological polar surface area (TPSA) is 102 Å². The lowest BCUT2D eigenvalue weighted by Gasteiger charge is -2.09. The molecular weight excluding hydrogens is 252 g/mol. The van der Waals surface area contributed by atoms with E-state index in [1.165, 1.54) is 17.0 Å². The number of benzene rings is 1. The molecule has 100 valence electrons. The van der Waals surface area contributed by atoms with Gasteiger partial charge in [-0.25, -0.2) is 0 Å². The largest absolute Gasteiger partial charge is 0.423 e. The number of nitrogens with one attached hydrogen (secondary N) is 1. The first-order valence-electron chi connectivity index (χ1n) is 5.47. The Kier molecular flexibility index (Phi) is 3.32. The molecule has 0 unspecified atom stereocenters. The number of amides is 1. The van der Waals surface area contributed by atoms with E-state index in [-0.39, 0.29) is 29.7 Å². The van der Waals surface area contributed by atoms with E-state index in [9.17, 15) is 14.9 Å². The third-order valence-electron chi connectivity index (χ3n) is 2.48. The number of hydrogen-bond donors (Lipinski definition) is 1. The number of rotatable bonds is 4. The van der Waals surface area contributed by atoms with E-state index >= 15 is 0 Å². The summed E-state index contributed by atoms with van der Waals surface area (Å²) in [7, 11) is 3.25. The van der Waals surface area contributed by atoms with Gasteiger partial charge < -0.3 is 14.6 Å². The highest BCUT2D eigenvalue weighted by atomic mass is 16.6. The standard InChI is InChI=1S/C11H12N4O4/c1-14(2)9(16)6-12-11-13-10-7(15(17)18)4-3-5-8(10)19-11/h3-5H,6H2,1-2H3,(H,12,13). The molecule has 0 radical (unpaired) electrons. The average Bonchev–Trinajstić information content (AvgIpc) is 2.77. The van der Waals surface area contributed by atoms with Gasteiger partial charge in [0.05, 0.1) is 11.5 Å². The molecule has 0 spiro atoms. The van der Waals surface area contributed by atoms with Gasteiger partial charge in [0.15, 0.2) is 11.1 Å². The molecule has 0 bridgehead atoms. The van der Waals surface area contributed by atoms with Gasteiger partial charge in [-0.05, 0) is 6.07 Å². The summed E-state index contributed by atoms with van der Waals surface area (Å²) >= 11 is 0. The van der Waals surface area contributed by atoms with E-state index in [1.807, 2.05) is 0 Å². The van der Waals surface area contributed by atoms with E-state index in [0.717, 1.165) is 0 Å². The molecule has 8 nitrogen and oxygen atoms in total. The van der Waals surface area contributed by atoms with Crippen LogP contribution in [0, 0.1) is 10.1 Å². The van der Waals surface area contributed by atoms with Crippen molar-refractivity contribution in [3.05, 3.63) is 28.3 Å². The number of likely N-dealkylation sites (N-methyl/N-ethyl adjacent to an activating group) is 1. The van der Waals surface area contributed by atoms with Gasteiger partial charge in [-0.2, -0.15) is 4.98 Å². The first-order valence-corrected chi connectivity index (χ1v) is 5.47. The third kappa shape index (κ3) is 2.62. The molecule has 1 heterocycles. The number of fused-ring (bicyclic) bond motifs is 1. The van der Waals surface area contributed by atoms with Crippen LogP contribution in [0.4, 0.5) is 11.7 Å². The second-order valence-electron chi connectivity index (χ2n) is 4.04. The van der Waals surface area contributed by atoms with Crippen LogP contribution < -0.4 is 5.32 Å². The minimum absolute atomic E-state index is 0.00756. The fourth-order valence-corrected chi connectivity index (χ4v) is 1.47. The van der Waals surface area contributed by atoms with Gasteiger partial charge in [0.25, 0.3) is 11.7 Å². The summed E-state index contributed by atoms with van der Waals surface area (Å²) in [5.41, 5.74) is 0.328. The van der Waals surface area contributed by atoms with Crippen molar-refractivity contribution in [2.45, 2.75) is 0 Å². The Morgan fingerprint density at radius 1 is 1.53 bits per heavy atom. The van der Waals surface area contributed by atoms with Crippen LogP contribution in [0.5, 0.6) is 0 Å². The molecule has 1 amide bonds. The molecular formula is C11H12N4O4. The number of nitro groups is 1. The molecule has 8 heteroatoms. The average molecular weight is 264 g/mol. The lowest BCUT2D eigenvalue weighted by Crippen LogP contribution is -2.28. The number of carbonyl (C=O) groups excluding carboxylic acids is 1. The zero-order chi connectivity index (χ0) is 14.0. The Hall–Kier alpha value is -2.64. The summed E-state index contributed by atoms with van der Waals surface area (Å²) in [6.07, 6.45) is 0. The van der Waals surface area contributed by atoms with E-state index < -0.39 is 4.92 Å². The second kappa shape index (κ2) is 4.92. The number of aromatic nitrogens is 1.